The van der Waals surface area contributed by atoms with Crippen molar-refractivity contribution in [1.82, 2.24) is 5.06 Å². The van der Waals surface area contributed by atoms with E-state index in [0.29, 0.717) is 31.9 Å². The van der Waals surface area contributed by atoms with Gasteiger partial charge in [0.05, 0.1) is 31.9 Å². The summed E-state index contributed by atoms with van der Waals surface area (Å²) < 4.78 is 5.23. The SMILES string of the molecule is CCCCc1ccccc1C(=O)ON1CCOCC1. The molecule has 19 heavy (non-hydrogen) atoms. The van der Waals surface area contributed by atoms with Gasteiger partial charge in [-0.3, -0.25) is 0 Å². The molecule has 1 fully saturated rings. The van der Waals surface area contributed by atoms with Crippen molar-refractivity contribution in [3.8, 4) is 0 Å². The van der Waals surface area contributed by atoms with Crippen LogP contribution in [-0.2, 0) is 16.0 Å². The van der Waals surface area contributed by atoms with E-state index in [2.05, 4.69) is 6.92 Å². The highest BCUT2D eigenvalue weighted by Gasteiger charge is 2.18. The summed E-state index contributed by atoms with van der Waals surface area (Å²) in [4.78, 5) is 17.6. The van der Waals surface area contributed by atoms with E-state index in [4.69, 9.17) is 9.57 Å². The molecular formula is C15H21NO3. The molecule has 4 nitrogen and oxygen atoms in total. The molecule has 0 spiro atoms. The summed E-state index contributed by atoms with van der Waals surface area (Å²) in [6, 6.07) is 7.70. The van der Waals surface area contributed by atoms with Crippen LogP contribution in [0.25, 0.3) is 0 Å². The summed E-state index contributed by atoms with van der Waals surface area (Å²) in [6.45, 7) is 4.66. The van der Waals surface area contributed by atoms with Crippen LogP contribution in [0.15, 0.2) is 24.3 Å². The minimum atomic E-state index is -0.256. The van der Waals surface area contributed by atoms with E-state index in [1.54, 1.807) is 5.06 Å². The fourth-order valence-electron chi connectivity index (χ4n) is 2.11. The molecule has 1 heterocycles. The maximum Gasteiger partial charge on any atom is 0.357 e. The van der Waals surface area contributed by atoms with Gasteiger partial charge < -0.3 is 9.57 Å². The number of morpholine rings is 1. The molecular weight excluding hydrogens is 242 g/mol. The molecule has 0 amide bonds. The van der Waals surface area contributed by atoms with E-state index in [1.165, 1.54) is 0 Å². The van der Waals surface area contributed by atoms with Gasteiger partial charge in [-0.1, -0.05) is 31.5 Å². The third-order valence-corrected chi connectivity index (χ3v) is 3.22. The van der Waals surface area contributed by atoms with Crippen LogP contribution in [0, 0.1) is 0 Å². The number of carbonyl (C=O) groups excluding carboxylic acids is 1. The molecule has 0 aliphatic carbocycles. The number of rotatable bonds is 5. The Morgan fingerprint density at radius 3 is 2.79 bits per heavy atom. The Balaban J connectivity index is 2.00. The Hall–Kier alpha value is -1.39. The van der Waals surface area contributed by atoms with Gasteiger partial charge in [0, 0.05) is 0 Å². The molecule has 0 aromatic heterocycles. The van der Waals surface area contributed by atoms with Gasteiger partial charge in [0.25, 0.3) is 0 Å². The van der Waals surface area contributed by atoms with Crippen molar-refractivity contribution in [2.24, 2.45) is 0 Å². The van der Waals surface area contributed by atoms with Crippen molar-refractivity contribution in [3.05, 3.63) is 35.4 Å². The highest BCUT2D eigenvalue weighted by atomic mass is 16.7. The number of hydroxylamine groups is 2. The number of nitrogens with zero attached hydrogens (tertiary/aromatic N) is 1. The molecule has 2 rings (SSSR count). The minimum absolute atomic E-state index is 0.256. The zero-order valence-corrected chi connectivity index (χ0v) is 11.4. The van der Waals surface area contributed by atoms with Crippen LogP contribution in [0.4, 0.5) is 0 Å². The van der Waals surface area contributed by atoms with Gasteiger partial charge in [-0.25, -0.2) is 4.79 Å². The van der Waals surface area contributed by atoms with Crippen LogP contribution in [0.2, 0.25) is 0 Å². The monoisotopic (exact) mass is 263 g/mol. The number of hydrogen-bond donors (Lipinski definition) is 0. The molecule has 4 heteroatoms. The second kappa shape index (κ2) is 7.26. The Bertz CT molecular complexity index is 414. The lowest BCUT2D eigenvalue weighted by Gasteiger charge is -2.25. The quantitative estimate of drug-likeness (QED) is 0.818. The van der Waals surface area contributed by atoms with Gasteiger partial charge in [-0.15, -0.1) is 5.06 Å². The molecule has 1 aliphatic rings. The first-order valence-electron chi connectivity index (χ1n) is 6.94. The lowest BCUT2D eigenvalue weighted by Crippen LogP contribution is -2.38. The van der Waals surface area contributed by atoms with Crippen molar-refractivity contribution >= 4 is 5.97 Å². The average Bonchev–Trinajstić information content (AvgIpc) is 2.46. The summed E-state index contributed by atoms with van der Waals surface area (Å²) in [6.07, 6.45) is 3.12. The lowest BCUT2D eigenvalue weighted by molar-refractivity contribution is -0.150. The summed E-state index contributed by atoms with van der Waals surface area (Å²) >= 11 is 0. The molecule has 1 aliphatic heterocycles. The van der Waals surface area contributed by atoms with Crippen molar-refractivity contribution in [2.45, 2.75) is 26.2 Å². The molecule has 1 aromatic rings. The van der Waals surface area contributed by atoms with Crippen molar-refractivity contribution in [3.63, 3.8) is 0 Å². The lowest BCUT2D eigenvalue weighted by atomic mass is 10.0. The first-order valence-corrected chi connectivity index (χ1v) is 6.94. The molecule has 0 bridgehead atoms. The van der Waals surface area contributed by atoms with Crippen molar-refractivity contribution in [2.75, 3.05) is 26.3 Å². The fraction of sp³-hybridized carbons (Fsp3) is 0.533. The van der Waals surface area contributed by atoms with E-state index in [9.17, 15) is 4.79 Å². The molecule has 1 aromatic carbocycles. The van der Waals surface area contributed by atoms with Crippen LogP contribution in [0.5, 0.6) is 0 Å². The van der Waals surface area contributed by atoms with Crippen LogP contribution >= 0.6 is 0 Å². The van der Waals surface area contributed by atoms with Crippen LogP contribution in [-0.4, -0.2) is 37.3 Å². The first kappa shape index (κ1) is 14.0. The van der Waals surface area contributed by atoms with Gasteiger partial charge in [0.2, 0.25) is 0 Å². The number of benzene rings is 1. The summed E-state index contributed by atoms with van der Waals surface area (Å²) in [5.41, 5.74) is 1.75. The second-order valence-electron chi connectivity index (χ2n) is 4.68. The highest BCUT2D eigenvalue weighted by molar-refractivity contribution is 5.90. The summed E-state index contributed by atoms with van der Waals surface area (Å²) in [5, 5.41) is 1.68. The number of unbranched alkanes of at least 4 members (excludes halogenated alkanes) is 1. The molecule has 0 unspecified atom stereocenters. The molecule has 104 valence electrons. The van der Waals surface area contributed by atoms with Gasteiger partial charge in [0.15, 0.2) is 0 Å². The van der Waals surface area contributed by atoms with Crippen LogP contribution in [0.1, 0.15) is 35.7 Å². The molecule has 0 atom stereocenters. The predicted molar refractivity (Wildman–Crippen MR) is 72.9 cm³/mol. The van der Waals surface area contributed by atoms with Crippen LogP contribution < -0.4 is 0 Å². The smallest absolute Gasteiger partial charge is 0.357 e. The average molecular weight is 263 g/mol. The number of ether oxygens (including phenoxy) is 1. The van der Waals surface area contributed by atoms with Crippen molar-refractivity contribution < 1.29 is 14.4 Å². The van der Waals surface area contributed by atoms with Gasteiger partial charge in [-0.05, 0) is 24.5 Å². The standard InChI is InChI=1S/C15H21NO3/c1-2-3-6-13-7-4-5-8-14(13)15(17)19-16-9-11-18-12-10-16/h4-5,7-8H,2-3,6,9-12H2,1H3. The van der Waals surface area contributed by atoms with E-state index in [-0.39, 0.29) is 5.97 Å². The molecule has 0 N–H and O–H groups in total. The fourth-order valence-corrected chi connectivity index (χ4v) is 2.11. The van der Waals surface area contributed by atoms with Crippen LogP contribution in [0.3, 0.4) is 0 Å². The Morgan fingerprint density at radius 2 is 2.05 bits per heavy atom. The van der Waals surface area contributed by atoms with E-state index in [1.807, 2.05) is 24.3 Å². The second-order valence-corrected chi connectivity index (χ2v) is 4.68. The molecule has 0 saturated carbocycles. The number of carbonyl (C=O) groups is 1. The van der Waals surface area contributed by atoms with E-state index in [0.717, 1.165) is 24.8 Å². The Labute approximate surface area is 114 Å². The van der Waals surface area contributed by atoms with E-state index >= 15 is 0 Å². The Morgan fingerprint density at radius 1 is 1.32 bits per heavy atom. The third kappa shape index (κ3) is 4.04. The zero-order valence-electron chi connectivity index (χ0n) is 11.4. The topological polar surface area (TPSA) is 38.8 Å². The van der Waals surface area contributed by atoms with Gasteiger partial charge >= 0.3 is 5.97 Å². The normalized spacial score (nSPS) is 16.3. The Kier molecular flexibility index (Phi) is 5.36. The maximum absolute atomic E-state index is 12.2. The highest BCUT2D eigenvalue weighted by Crippen LogP contribution is 2.14. The number of hydrogen-bond acceptors (Lipinski definition) is 4. The van der Waals surface area contributed by atoms with E-state index < -0.39 is 0 Å². The van der Waals surface area contributed by atoms with Gasteiger partial charge in [-0.2, -0.15) is 0 Å². The molecule has 0 radical (unpaired) electrons. The molecule has 1 saturated heterocycles. The third-order valence-electron chi connectivity index (χ3n) is 3.22. The minimum Gasteiger partial charge on any atom is -0.379 e. The first-order chi connectivity index (χ1) is 9.31. The predicted octanol–water partition coefficient (Wildman–Crippen LogP) is 2.43. The summed E-state index contributed by atoms with van der Waals surface area (Å²) in [7, 11) is 0. The van der Waals surface area contributed by atoms with Gasteiger partial charge in [0.1, 0.15) is 0 Å². The maximum atomic E-state index is 12.2. The van der Waals surface area contributed by atoms with Crippen molar-refractivity contribution in [1.29, 1.82) is 0 Å². The largest absolute Gasteiger partial charge is 0.379 e. The zero-order chi connectivity index (χ0) is 13.5. The number of aryl methyl sites for hydroxylation is 1. The summed E-state index contributed by atoms with van der Waals surface area (Å²) in [5.74, 6) is -0.256.